The van der Waals surface area contributed by atoms with E-state index in [-0.39, 0.29) is 18.0 Å². The van der Waals surface area contributed by atoms with E-state index in [0.29, 0.717) is 6.54 Å². The van der Waals surface area contributed by atoms with Crippen LogP contribution in [0.1, 0.15) is 37.4 Å². The molecule has 1 aromatic rings. The summed E-state index contributed by atoms with van der Waals surface area (Å²) in [5.41, 5.74) is 8.63. The van der Waals surface area contributed by atoms with Gasteiger partial charge >= 0.3 is 0 Å². The average Bonchev–Trinajstić information content (AvgIpc) is 2.40. The van der Waals surface area contributed by atoms with Gasteiger partial charge in [0.2, 0.25) is 5.91 Å². The van der Waals surface area contributed by atoms with Gasteiger partial charge in [-0.25, -0.2) is 0 Å². The van der Waals surface area contributed by atoms with Crippen LogP contribution in [-0.2, 0) is 4.79 Å². The van der Waals surface area contributed by atoms with E-state index < -0.39 is 0 Å². The van der Waals surface area contributed by atoms with Crippen LogP contribution in [-0.4, -0.2) is 48.9 Å². The number of rotatable bonds is 7. The Bertz CT molecular complexity index is 440. The number of amides is 1. The molecule has 1 rings (SSSR count). The molecule has 0 aliphatic heterocycles. The third-order valence-corrected chi connectivity index (χ3v) is 3.66. The molecule has 21 heavy (non-hydrogen) atoms. The summed E-state index contributed by atoms with van der Waals surface area (Å²) in [4.78, 5) is 15.9. The molecule has 2 unspecified atom stereocenters. The van der Waals surface area contributed by atoms with Gasteiger partial charge in [0.25, 0.3) is 0 Å². The molecule has 0 saturated heterocycles. The smallest absolute Gasteiger partial charge is 0.236 e. The summed E-state index contributed by atoms with van der Waals surface area (Å²) in [6.45, 7) is 7.47. The van der Waals surface area contributed by atoms with Crippen molar-refractivity contribution in [1.82, 2.24) is 9.80 Å². The first-order valence-corrected chi connectivity index (χ1v) is 7.63. The van der Waals surface area contributed by atoms with Crippen LogP contribution in [0.5, 0.6) is 0 Å². The molecule has 118 valence electrons. The highest BCUT2D eigenvalue weighted by Gasteiger charge is 2.25. The van der Waals surface area contributed by atoms with Gasteiger partial charge < -0.3 is 10.6 Å². The number of carbonyl (C=O) groups is 1. The molecule has 2 atom stereocenters. The lowest BCUT2D eigenvalue weighted by Gasteiger charge is -2.34. The fourth-order valence-corrected chi connectivity index (χ4v) is 2.53. The maximum atomic E-state index is 12.1. The van der Waals surface area contributed by atoms with E-state index in [0.717, 1.165) is 13.0 Å². The highest BCUT2D eigenvalue weighted by atomic mass is 16.2. The number of aryl methyl sites for hydroxylation is 1. The molecule has 0 heterocycles. The van der Waals surface area contributed by atoms with Crippen molar-refractivity contribution in [3.63, 3.8) is 0 Å². The first-order chi connectivity index (χ1) is 9.86. The zero-order valence-electron chi connectivity index (χ0n) is 14.0. The Morgan fingerprint density at radius 3 is 2.24 bits per heavy atom. The molecule has 0 saturated carbocycles. The molecular weight excluding hydrogens is 262 g/mol. The molecule has 2 N–H and O–H groups in total. The molecule has 4 heteroatoms. The van der Waals surface area contributed by atoms with E-state index in [1.807, 2.05) is 6.92 Å². The highest BCUT2D eigenvalue weighted by molar-refractivity contribution is 5.77. The van der Waals surface area contributed by atoms with Gasteiger partial charge in [0, 0.05) is 20.1 Å². The summed E-state index contributed by atoms with van der Waals surface area (Å²) in [6, 6.07) is 8.47. The maximum Gasteiger partial charge on any atom is 0.236 e. The van der Waals surface area contributed by atoms with Gasteiger partial charge in [0.15, 0.2) is 0 Å². The van der Waals surface area contributed by atoms with Crippen LogP contribution in [0, 0.1) is 6.92 Å². The summed E-state index contributed by atoms with van der Waals surface area (Å²) in [5.74, 6) is 0.112. The van der Waals surface area contributed by atoms with Gasteiger partial charge in [-0.2, -0.15) is 0 Å². The van der Waals surface area contributed by atoms with E-state index in [4.69, 9.17) is 5.73 Å². The van der Waals surface area contributed by atoms with Crippen LogP contribution in [0.4, 0.5) is 0 Å². The quantitative estimate of drug-likeness (QED) is 0.838. The second kappa shape index (κ2) is 8.15. The Balaban J connectivity index is 3.02. The van der Waals surface area contributed by atoms with Crippen molar-refractivity contribution in [2.45, 2.75) is 39.3 Å². The predicted octanol–water partition coefficient (Wildman–Crippen LogP) is 2.18. The van der Waals surface area contributed by atoms with Crippen LogP contribution in [0.2, 0.25) is 0 Å². The SMILES string of the molecule is CCCN(CC(=O)N(C)C)C(c1ccc(C)cc1)C(C)N. The molecule has 0 aromatic heterocycles. The van der Waals surface area contributed by atoms with Crippen LogP contribution in [0.25, 0.3) is 0 Å². The predicted molar refractivity (Wildman–Crippen MR) is 88.1 cm³/mol. The Morgan fingerprint density at radius 1 is 1.24 bits per heavy atom. The molecule has 0 aliphatic rings. The van der Waals surface area contributed by atoms with Gasteiger partial charge in [-0.1, -0.05) is 36.8 Å². The maximum absolute atomic E-state index is 12.1. The largest absolute Gasteiger partial charge is 0.348 e. The number of hydrogen-bond donors (Lipinski definition) is 1. The van der Waals surface area contributed by atoms with E-state index in [2.05, 4.69) is 43.0 Å². The third kappa shape index (κ3) is 5.14. The Morgan fingerprint density at radius 2 is 1.81 bits per heavy atom. The minimum atomic E-state index is -0.0331. The molecule has 4 nitrogen and oxygen atoms in total. The Labute approximate surface area is 128 Å². The average molecular weight is 291 g/mol. The molecule has 0 fully saturated rings. The highest BCUT2D eigenvalue weighted by Crippen LogP contribution is 2.24. The van der Waals surface area contributed by atoms with Gasteiger partial charge in [-0.15, -0.1) is 0 Å². The van der Waals surface area contributed by atoms with Crippen molar-refractivity contribution < 1.29 is 4.79 Å². The van der Waals surface area contributed by atoms with Crippen molar-refractivity contribution in [2.75, 3.05) is 27.2 Å². The number of likely N-dealkylation sites (N-methyl/N-ethyl adjacent to an activating group) is 1. The van der Waals surface area contributed by atoms with Crippen molar-refractivity contribution in [1.29, 1.82) is 0 Å². The fourth-order valence-electron chi connectivity index (χ4n) is 2.53. The van der Waals surface area contributed by atoms with Crippen molar-refractivity contribution >= 4 is 5.91 Å². The van der Waals surface area contributed by atoms with Crippen molar-refractivity contribution in [3.8, 4) is 0 Å². The van der Waals surface area contributed by atoms with E-state index in [1.165, 1.54) is 11.1 Å². The lowest BCUT2D eigenvalue weighted by atomic mass is 9.97. The van der Waals surface area contributed by atoms with E-state index >= 15 is 0 Å². The molecule has 0 aliphatic carbocycles. The van der Waals surface area contributed by atoms with Gasteiger partial charge in [-0.3, -0.25) is 9.69 Å². The number of carbonyl (C=O) groups excluding carboxylic acids is 1. The lowest BCUT2D eigenvalue weighted by molar-refractivity contribution is -0.130. The first-order valence-electron chi connectivity index (χ1n) is 7.63. The topological polar surface area (TPSA) is 49.6 Å². The minimum Gasteiger partial charge on any atom is -0.348 e. The van der Waals surface area contributed by atoms with E-state index in [9.17, 15) is 4.79 Å². The van der Waals surface area contributed by atoms with Crippen molar-refractivity contribution in [3.05, 3.63) is 35.4 Å². The fraction of sp³-hybridized carbons (Fsp3) is 0.588. The summed E-state index contributed by atoms with van der Waals surface area (Å²) >= 11 is 0. The molecule has 0 bridgehead atoms. The number of hydrogen-bond acceptors (Lipinski definition) is 3. The summed E-state index contributed by atoms with van der Waals surface area (Å²) < 4.78 is 0. The molecule has 1 aromatic carbocycles. The number of nitrogens with two attached hydrogens (primary N) is 1. The van der Waals surface area contributed by atoms with Gasteiger partial charge in [0.05, 0.1) is 12.6 Å². The first kappa shape index (κ1) is 17.7. The van der Waals surface area contributed by atoms with E-state index in [1.54, 1.807) is 19.0 Å². The normalized spacial score (nSPS) is 14.0. The molecule has 0 radical (unpaired) electrons. The van der Waals surface area contributed by atoms with Gasteiger partial charge in [0.1, 0.15) is 0 Å². The summed E-state index contributed by atoms with van der Waals surface area (Å²) in [5, 5.41) is 0. The number of nitrogens with zero attached hydrogens (tertiary/aromatic N) is 2. The zero-order valence-corrected chi connectivity index (χ0v) is 14.0. The Hall–Kier alpha value is -1.39. The second-order valence-corrected chi connectivity index (χ2v) is 5.97. The van der Waals surface area contributed by atoms with Crippen LogP contribution < -0.4 is 5.73 Å². The zero-order chi connectivity index (χ0) is 16.0. The molecular formula is C17H29N3O. The van der Waals surface area contributed by atoms with Crippen LogP contribution in [0.3, 0.4) is 0 Å². The van der Waals surface area contributed by atoms with Gasteiger partial charge in [-0.05, 0) is 32.4 Å². The molecule has 0 spiro atoms. The summed E-state index contributed by atoms with van der Waals surface area (Å²) in [6.07, 6.45) is 0.996. The van der Waals surface area contributed by atoms with Crippen LogP contribution >= 0.6 is 0 Å². The number of benzene rings is 1. The Kier molecular flexibility index (Phi) is 6.85. The van der Waals surface area contributed by atoms with Crippen LogP contribution in [0.15, 0.2) is 24.3 Å². The minimum absolute atomic E-state index is 0.0331. The standard InChI is InChI=1S/C17H29N3O/c1-6-11-20(12-16(21)19(4)5)17(14(3)18)15-9-7-13(2)8-10-15/h7-10,14,17H,6,11-12,18H2,1-5H3. The lowest BCUT2D eigenvalue weighted by Crippen LogP contribution is -2.44. The molecule has 1 amide bonds. The third-order valence-electron chi connectivity index (χ3n) is 3.66. The second-order valence-electron chi connectivity index (χ2n) is 5.97. The monoisotopic (exact) mass is 291 g/mol. The summed E-state index contributed by atoms with van der Waals surface area (Å²) in [7, 11) is 3.58. The van der Waals surface area contributed by atoms with Crippen molar-refractivity contribution in [2.24, 2.45) is 5.73 Å².